The number of aliphatic hydroxyl groups is 12. The van der Waals surface area contributed by atoms with E-state index in [0.717, 1.165) is 32.1 Å². The zero-order chi connectivity index (χ0) is 87.5. The van der Waals surface area contributed by atoms with Gasteiger partial charge in [-0.3, -0.25) is 28.2 Å². The molecular weight excluding hydrogens is 1550 g/mol. The van der Waals surface area contributed by atoms with Gasteiger partial charge in [0.1, 0.15) is 30.8 Å². The highest BCUT2D eigenvalue weighted by atomic mass is 31.2. The molecule has 2 bridgehead atoms. The van der Waals surface area contributed by atoms with E-state index in [4.69, 9.17) is 48.3 Å². The normalized spacial score (nSPS) is 31.3. The molecule has 684 valence electrons. The van der Waals surface area contributed by atoms with Crippen molar-refractivity contribution in [1.82, 2.24) is 0 Å². The first-order valence-corrected chi connectivity index (χ1v) is 45.8. The topological polar surface area (TPSA) is 468 Å². The number of fused-ring (bicyclic) bond motifs is 2. The number of allylic oxidation sites excluding steroid dienone is 12. The predicted molar refractivity (Wildman–Crippen MR) is 452 cm³/mol. The molecule has 0 aromatic rings. The van der Waals surface area contributed by atoms with Gasteiger partial charge in [0.15, 0.2) is 18.2 Å². The second-order valence-corrected chi connectivity index (χ2v) is 34.1. The summed E-state index contributed by atoms with van der Waals surface area (Å²) < 4.78 is 55.9. The number of phosphoric ester groups is 1. The van der Waals surface area contributed by atoms with E-state index in [1.165, 1.54) is 161 Å². The van der Waals surface area contributed by atoms with Crippen molar-refractivity contribution in [2.75, 3.05) is 26.4 Å². The SMILES string of the molecule is CCCCCCCCCCCCCCCCCC(=O)OCC(COP(=O)(O)OCC(O)CO)OC(=O)CCCCCCCCCCCCCCCCC.C[C@@H]1[C@H](O)[C@@H](C)/C=C/C=C/C=C/C=C/C=C/C=C/C=C/[C@H](O[C@@H]2O[C@H](C)[C@@H](O)[C@H](N)[C@@H]2O)C[C@@H]2O[C@](O)(C[C@@H](O)C[C@@H](O)[C@H](O)CC[C@@H](O)C[C@@H](O)CC(=O)O[C@H]1C)C[C@H](O)[C@H]2C(=O)O. The Morgan fingerprint density at radius 1 is 0.534 bits per heavy atom. The van der Waals surface area contributed by atoms with Crippen LogP contribution in [0.5, 0.6) is 0 Å². The Kier molecular flexibility index (Phi) is 61.4. The van der Waals surface area contributed by atoms with Gasteiger partial charge in [0.25, 0.3) is 0 Å². The lowest BCUT2D eigenvalue weighted by Crippen LogP contribution is -2.61. The molecule has 0 aromatic carbocycles. The van der Waals surface area contributed by atoms with Gasteiger partial charge in [0.2, 0.25) is 0 Å². The number of carboxylic acid groups (broad SMARTS) is 1. The van der Waals surface area contributed by atoms with Crippen molar-refractivity contribution in [2.24, 2.45) is 23.5 Å². The number of cyclic esters (lactones) is 1. The predicted octanol–water partition coefficient (Wildman–Crippen LogP) is 12.2. The highest BCUT2D eigenvalue weighted by Gasteiger charge is 2.51. The summed E-state index contributed by atoms with van der Waals surface area (Å²) >= 11 is 0. The van der Waals surface area contributed by atoms with Gasteiger partial charge in [0.05, 0.1) is 99.4 Å². The zero-order valence-electron chi connectivity index (χ0n) is 71.8. The molecule has 0 saturated carbocycles. The van der Waals surface area contributed by atoms with Crippen LogP contribution in [0.1, 0.15) is 298 Å². The number of phosphoric acid groups is 1. The van der Waals surface area contributed by atoms with Gasteiger partial charge in [0, 0.05) is 50.4 Å². The Morgan fingerprint density at radius 3 is 1.47 bits per heavy atom. The first kappa shape index (κ1) is 110. The summed E-state index contributed by atoms with van der Waals surface area (Å²) in [4.78, 5) is 60.0. The molecule has 118 heavy (non-hydrogen) atoms. The van der Waals surface area contributed by atoms with Crippen LogP contribution in [0, 0.1) is 17.8 Å². The number of carbonyl (C=O) groups excluding carboxylic acids is 3. The molecule has 3 heterocycles. The van der Waals surface area contributed by atoms with Crippen molar-refractivity contribution in [3.63, 3.8) is 0 Å². The number of carboxylic acids is 1. The molecule has 0 aromatic heterocycles. The van der Waals surface area contributed by atoms with Crippen LogP contribution < -0.4 is 5.73 Å². The minimum Gasteiger partial charge on any atom is -0.481 e. The number of rotatable bonds is 45. The summed E-state index contributed by atoms with van der Waals surface area (Å²) in [6.45, 7) is 9.16. The Labute approximate surface area is 704 Å². The molecule has 2 fully saturated rings. The maximum atomic E-state index is 12.6. The molecule has 0 amide bonds. The molecule has 3 aliphatic heterocycles. The lowest BCUT2D eigenvalue weighted by Gasteiger charge is -2.45. The second-order valence-electron chi connectivity index (χ2n) is 32.7. The summed E-state index contributed by atoms with van der Waals surface area (Å²) in [5.74, 6) is -7.74. The third kappa shape index (κ3) is 52.2. The lowest BCUT2D eigenvalue weighted by molar-refractivity contribution is -0.308. The minimum absolute atomic E-state index is 0.107. The Morgan fingerprint density at radius 2 is 0.992 bits per heavy atom. The fourth-order valence-electron chi connectivity index (χ4n) is 14.3. The highest BCUT2D eigenvalue weighted by molar-refractivity contribution is 7.47. The van der Waals surface area contributed by atoms with E-state index in [9.17, 15) is 89.9 Å². The van der Waals surface area contributed by atoms with E-state index in [2.05, 4.69) is 13.8 Å². The van der Waals surface area contributed by atoms with Crippen molar-refractivity contribution in [3.8, 4) is 0 Å². The van der Waals surface area contributed by atoms with Crippen LogP contribution in [0.15, 0.2) is 85.1 Å². The molecule has 3 rings (SSSR count). The molecule has 3 unspecified atom stereocenters. The third-order valence-electron chi connectivity index (χ3n) is 21.8. The molecule has 0 aliphatic carbocycles. The molecule has 0 spiro atoms. The second kappa shape index (κ2) is 66.1. The van der Waals surface area contributed by atoms with Crippen LogP contribution in [0.2, 0.25) is 0 Å². The largest absolute Gasteiger partial charge is 0.481 e. The molecular formula is C89H156NO27P. The summed E-state index contributed by atoms with van der Waals surface area (Å²) in [7, 11) is -4.61. The molecule has 22 atom stereocenters. The Balaban J connectivity index is 0.000000819. The smallest absolute Gasteiger partial charge is 0.472 e. The molecule has 16 N–H and O–H groups in total. The number of hydrogen-bond donors (Lipinski definition) is 15. The minimum atomic E-state index is -4.61. The van der Waals surface area contributed by atoms with Crippen LogP contribution >= 0.6 is 7.82 Å². The first-order chi connectivity index (χ1) is 56.4. The van der Waals surface area contributed by atoms with Crippen LogP contribution in [0.25, 0.3) is 0 Å². The standard InChI is InChI=1S/C47H73NO17.C42H83O10P/c1-27-17-15-13-11-9-7-5-6-8-10-12-14-16-18-34(64-46-44(58)41(48)43(57)30(4)63-46)24-38-40(45(59)60)37(54)26-47(61,65-38)25-33(51)22-36(53)35(52)20-19-31(49)21-32(50)23-39(55)62-29(3)28(2)42(27)56;1-3-5-7-9-11-13-15-17-19-21-23-25-27-29-31-33-41(45)49-37-40(38-51-53(47,48)50-36-39(44)35-43)52-42(46)34-32-30-28-26-24-22-20-18-16-14-12-10-8-6-4-2/h5-18,27-38,40-44,46,49-54,56-58,61H,19-26,48H2,1-4H3,(H,59,60);39-40,43-44H,3-38H2,1-2H3,(H,47,48)/b6-5+,9-7+,10-8+,13-11+,14-12+,17-15+,18-16+;/t27-,28-,29-,30+,31+,32+,33-,34-,35+,36+,37-,38-,40+,41-,42+,43+,44-,46-,47+;/m0./s1. The number of unbranched alkanes of at least 4 members (excludes halogenated alkanes) is 28. The van der Waals surface area contributed by atoms with Crippen LogP contribution in [-0.2, 0) is 61.2 Å². The molecule has 3 aliphatic rings. The lowest BCUT2D eigenvalue weighted by atomic mass is 9.82. The van der Waals surface area contributed by atoms with Gasteiger partial charge < -0.3 is 105 Å². The number of esters is 3. The summed E-state index contributed by atoms with van der Waals surface area (Å²) in [5, 5.41) is 136. The number of aliphatic carboxylic acids is 1. The van der Waals surface area contributed by atoms with Crippen molar-refractivity contribution < 1.29 is 132 Å². The third-order valence-corrected chi connectivity index (χ3v) is 22.7. The number of hydrogen-bond acceptors (Lipinski definition) is 26. The van der Waals surface area contributed by atoms with Crippen molar-refractivity contribution >= 4 is 31.7 Å². The van der Waals surface area contributed by atoms with Crippen LogP contribution in [0.4, 0.5) is 0 Å². The molecule has 0 radical (unpaired) electrons. The van der Waals surface area contributed by atoms with Crippen molar-refractivity contribution in [2.45, 2.75) is 408 Å². The Hall–Kier alpha value is -4.47. The number of carbonyl (C=O) groups is 4. The number of nitrogens with two attached hydrogens (primary N) is 1. The van der Waals surface area contributed by atoms with Crippen molar-refractivity contribution in [1.29, 1.82) is 0 Å². The van der Waals surface area contributed by atoms with Gasteiger partial charge in [-0.25, -0.2) is 4.57 Å². The quantitative estimate of drug-likeness (QED) is 0.0117. The van der Waals surface area contributed by atoms with E-state index < -0.39 is 199 Å². The average Bonchev–Trinajstić information content (AvgIpc) is 0.737. The number of aliphatic hydroxyl groups excluding tert-OH is 11. The van der Waals surface area contributed by atoms with E-state index in [-0.39, 0.29) is 51.0 Å². The van der Waals surface area contributed by atoms with Crippen molar-refractivity contribution in [3.05, 3.63) is 85.1 Å². The van der Waals surface area contributed by atoms with Gasteiger partial charge in [-0.05, 0) is 46.0 Å². The van der Waals surface area contributed by atoms with E-state index >= 15 is 0 Å². The Bertz CT molecular complexity index is 2880. The molecule has 28 nitrogen and oxygen atoms in total. The fourth-order valence-corrected chi connectivity index (χ4v) is 15.1. The zero-order valence-corrected chi connectivity index (χ0v) is 72.7. The van der Waals surface area contributed by atoms with E-state index in [1.807, 2.05) is 19.1 Å². The van der Waals surface area contributed by atoms with Gasteiger partial charge in [-0.2, -0.15) is 0 Å². The van der Waals surface area contributed by atoms with Crippen LogP contribution in [-0.4, -0.2) is 231 Å². The highest BCUT2D eigenvalue weighted by Crippen LogP contribution is 2.44. The van der Waals surface area contributed by atoms with Gasteiger partial charge >= 0.3 is 31.7 Å². The van der Waals surface area contributed by atoms with E-state index in [0.29, 0.717) is 12.8 Å². The first-order valence-electron chi connectivity index (χ1n) is 44.3. The van der Waals surface area contributed by atoms with Crippen LogP contribution in [0.3, 0.4) is 0 Å². The summed E-state index contributed by atoms with van der Waals surface area (Å²) in [5.41, 5.74) is 6.02. The van der Waals surface area contributed by atoms with E-state index in [1.54, 1.807) is 80.7 Å². The summed E-state index contributed by atoms with van der Waals surface area (Å²) in [6.07, 6.45) is 38.4. The fraction of sp³-hybridized carbons (Fsp3) is 0.798. The van der Waals surface area contributed by atoms with Gasteiger partial charge in [-0.1, -0.05) is 293 Å². The molecule has 2 saturated heterocycles. The molecule has 29 heteroatoms. The maximum Gasteiger partial charge on any atom is 0.472 e. The number of ether oxygens (including phenoxy) is 6. The van der Waals surface area contributed by atoms with Gasteiger partial charge in [-0.15, -0.1) is 0 Å². The monoisotopic (exact) mass is 1700 g/mol. The summed E-state index contributed by atoms with van der Waals surface area (Å²) in [6, 6.07) is -1.15. The maximum absolute atomic E-state index is 12.6. The average molecular weight is 1700 g/mol.